The molecule has 0 aromatic rings. The number of halogens is 1. The van der Waals surface area contributed by atoms with E-state index in [9.17, 15) is 0 Å². The summed E-state index contributed by atoms with van der Waals surface area (Å²) in [6.45, 7) is 10.6. The van der Waals surface area contributed by atoms with Gasteiger partial charge in [0.2, 0.25) is 0 Å². The minimum atomic E-state index is 0.186. The molecule has 2 bridgehead atoms. The molecular formula is C20H40IN2+. The number of hydrogen-bond donors (Lipinski definition) is 0. The van der Waals surface area contributed by atoms with Crippen LogP contribution in [0.5, 0.6) is 0 Å². The van der Waals surface area contributed by atoms with E-state index in [0.717, 1.165) is 16.3 Å². The van der Waals surface area contributed by atoms with Crippen LogP contribution in [-0.2, 0) is 0 Å². The third kappa shape index (κ3) is 3.01. The molecule has 0 aromatic carbocycles. The van der Waals surface area contributed by atoms with Gasteiger partial charge in [0.1, 0.15) is 0 Å². The average Bonchev–Trinajstić information content (AvgIpc) is 2.63. The standard InChI is InChI=1S/C20H40IN2/c1-18-11-16-12-19(2,17(16)13-18)15-20(3,14-18)23(8,21-4)10-9-22(5,6)7/h16-17H,9-15H2,1-8H3/q+1. The van der Waals surface area contributed by atoms with Crippen molar-refractivity contribution in [2.24, 2.45) is 22.7 Å². The Morgan fingerprint density at radius 3 is 2.13 bits per heavy atom. The summed E-state index contributed by atoms with van der Waals surface area (Å²) in [7, 11) is 9.68. The molecule has 0 spiro atoms. The van der Waals surface area contributed by atoms with Gasteiger partial charge in [0.05, 0.1) is 0 Å². The van der Waals surface area contributed by atoms with E-state index in [1.54, 1.807) is 0 Å². The van der Waals surface area contributed by atoms with E-state index in [2.05, 4.69) is 53.9 Å². The molecule has 3 fully saturated rings. The third-order valence-corrected chi connectivity index (χ3v) is 11.7. The molecule has 0 saturated heterocycles. The molecule has 3 rings (SSSR count). The number of rotatable bonds is 5. The number of quaternary nitrogens is 2. The van der Waals surface area contributed by atoms with Gasteiger partial charge in [0.15, 0.2) is 0 Å². The molecule has 0 N–H and O–H groups in total. The van der Waals surface area contributed by atoms with E-state index in [1.165, 1.54) is 47.9 Å². The molecule has 2 nitrogen and oxygen atoms in total. The van der Waals surface area contributed by atoms with Crippen LogP contribution < -0.4 is 21.5 Å². The van der Waals surface area contributed by atoms with Crippen LogP contribution in [0.4, 0.5) is 0 Å². The summed E-state index contributed by atoms with van der Waals surface area (Å²) in [5.74, 6) is 2.13. The second kappa shape index (κ2) is 5.33. The van der Waals surface area contributed by atoms with Crippen molar-refractivity contribution >= 4 is 0 Å². The van der Waals surface area contributed by atoms with E-state index in [0.29, 0.717) is 16.4 Å². The molecule has 3 aliphatic rings. The molecule has 3 saturated carbocycles. The molecule has 6 atom stereocenters. The monoisotopic (exact) mass is 435 g/mol. The normalized spacial score (nSPS) is 48.7. The van der Waals surface area contributed by atoms with E-state index >= 15 is 0 Å². The predicted octanol–water partition coefficient (Wildman–Crippen LogP) is 0.768. The summed E-state index contributed by atoms with van der Waals surface area (Å²) in [5.41, 5.74) is 1.79. The van der Waals surface area contributed by atoms with Crippen molar-refractivity contribution in [3.8, 4) is 0 Å². The summed E-state index contributed by atoms with van der Waals surface area (Å²) < 4.78 is 2.48. The summed E-state index contributed by atoms with van der Waals surface area (Å²) in [6.07, 6.45) is 7.54. The first-order valence-electron chi connectivity index (χ1n) is 9.51. The van der Waals surface area contributed by atoms with Crippen molar-refractivity contribution in [1.82, 2.24) is 0 Å². The molecule has 0 amide bonds. The second-order valence-electron chi connectivity index (χ2n) is 11.3. The van der Waals surface area contributed by atoms with Gasteiger partial charge < -0.3 is 0 Å². The molecule has 0 aliphatic heterocycles. The molecule has 3 heteroatoms. The fourth-order valence-corrected chi connectivity index (χ4v) is 8.96. The molecule has 0 aromatic heterocycles. The minimum absolute atomic E-state index is 0.186. The predicted molar refractivity (Wildman–Crippen MR) is 94.6 cm³/mol. The van der Waals surface area contributed by atoms with Crippen molar-refractivity contribution in [3.63, 3.8) is 0 Å². The Morgan fingerprint density at radius 1 is 0.913 bits per heavy atom. The van der Waals surface area contributed by atoms with Gasteiger partial charge in [-0.2, -0.15) is 0 Å². The van der Waals surface area contributed by atoms with Crippen molar-refractivity contribution in [1.29, 1.82) is 0 Å². The van der Waals surface area contributed by atoms with Gasteiger partial charge in [-0.1, -0.05) is 0 Å². The van der Waals surface area contributed by atoms with Gasteiger partial charge >= 0.3 is 156 Å². The molecule has 3 aliphatic carbocycles. The van der Waals surface area contributed by atoms with Crippen LogP contribution in [0.2, 0.25) is 0 Å². The molecule has 136 valence electrons. The number of alkyl halides is 1. The number of hydrogen-bond acceptors (Lipinski definition) is 0. The first-order valence-corrected chi connectivity index (χ1v) is 12.6. The molecule has 0 radical (unpaired) electrons. The quantitative estimate of drug-likeness (QED) is 0.259. The number of nitrogens with zero attached hydrogens (tertiary/aromatic N) is 2. The number of likely N-dealkylation sites (N-methyl/N-ethyl adjacent to an activating group) is 2. The second-order valence-corrected chi connectivity index (χ2v) is 14.4. The zero-order valence-electron chi connectivity index (χ0n) is 16.9. The third-order valence-electron chi connectivity index (χ3n) is 7.94. The van der Waals surface area contributed by atoms with Crippen LogP contribution in [0, 0.1) is 22.7 Å². The Labute approximate surface area is 155 Å². The Balaban J connectivity index is 1.89. The zero-order valence-corrected chi connectivity index (χ0v) is 19.0. The van der Waals surface area contributed by atoms with Crippen LogP contribution in [0.15, 0.2) is 0 Å². The Bertz CT molecular complexity index is 479. The van der Waals surface area contributed by atoms with Crippen LogP contribution in [0.1, 0.15) is 52.9 Å². The van der Waals surface area contributed by atoms with E-state index in [1.807, 2.05) is 0 Å². The van der Waals surface area contributed by atoms with E-state index in [-0.39, 0.29) is 21.5 Å². The van der Waals surface area contributed by atoms with E-state index in [4.69, 9.17) is 0 Å². The maximum atomic E-state index is 2.68. The van der Waals surface area contributed by atoms with Crippen LogP contribution in [0.25, 0.3) is 0 Å². The van der Waals surface area contributed by atoms with Crippen LogP contribution in [0.3, 0.4) is 0 Å². The summed E-state index contributed by atoms with van der Waals surface area (Å²) in [6, 6.07) is 0. The first-order chi connectivity index (χ1) is 10.3. The SMILES string of the molecule is C[I-][N+](C)(CC[N+](C)(C)C)C1(C)CC2(C)CC3CC(C)(C1)C3C2. The van der Waals surface area contributed by atoms with Crippen LogP contribution >= 0.6 is 0 Å². The summed E-state index contributed by atoms with van der Waals surface area (Å²) in [4.78, 5) is 2.54. The van der Waals surface area contributed by atoms with Gasteiger partial charge in [0, 0.05) is 0 Å². The fraction of sp³-hybridized carbons (Fsp3) is 1.00. The molecular weight excluding hydrogens is 395 g/mol. The van der Waals surface area contributed by atoms with Crippen molar-refractivity contribution in [2.75, 3.05) is 46.2 Å². The summed E-state index contributed by atoms with van der Waals surface area (Å²) in [5, 5.41) is 0. The number of fused-ring (bicyclic) bond motifs is 1. The van der Waals surface area contributed by atoms with Gasteiger partial charge in [-0.05, 0) is 0 Å². The maximum absolute atomic E-state index is 2.68. The fourth-order valence-electron chi connectivity index (χ4n) is 6.75. The Morgan fingerprint density at radius 2 is 1.57 bits per heavy atom. The molecule has 6 unspecified atom stereocenters. The van der Waals surface area contributed by atoms with Crippen molar-refractivity contribution in [2.45, 2.75) is 58.4 Å². The van der Waals surface area contributed by atoms with E-state index < -0.39 is 0 Å². The topological polar surface area (TPSA) is 0 Å². The Kier molecular flexibility index (Phi) is 4.27. The molecule has 0 heterocycles. The van der Waals surface area contributed by atoms with Gasteiger partial charge in [-0.3, -0.25) is 0 Å². The first kappa shape index (κ1) is 18.4. The van der Waals surface area contributed by atoms with Crippen molar-refractivity contribution in [3.05, 3.63) is 0 Å². The van der Waals surface area contributed by atoms with Crippen LogP contribution in [-0.4, -0.2) is 58.9 Å². The van der Waals surface area contributed by atoms with Gasteiger partial charge in [-0.15, -0.1) is 0 Å². The van der Waals surface area contributed by atoms with Gasteiger partial charge in [0.25, 0.3) is 0 Å². The molecule has 23 heavy (non-hydrogen) atoms. The van der Waals surface area contributed by atoms with Crippen molar-refractivity contribution < 1.29 is 28.7 Å². The van der Waals surface area contributed by atoms with Gasteiger partial charge in [-0.25, -0.2) is 0 Å². The zero-order chi connectivity index (χ0) is 17.3. The summed E-state index contributed by atoms with van der Waals surface area (Å²) >= 11 is 0.186. The average molecular weight is 435 g/mol. The Hall–Kier alpha value is 0.650.